The lowest BCUT2D eigenvalue weighted by Gasteiger charge is -2.30. The molecular weight excluding hydrogens is 246 g/mol. The van der Waals surface area contributed by atoms with Crippen LogP contribution in [0, 0.1) is 0 Å². The number of aliphatic imine (C=N–C) groups is 1. The first kappa shape index (κ1) is 15.6. The van der Waals surface area contributed by atoms with Crippen molar-refractivity contribution in [3.05, 3.63) is 0 Å². The van der Waals surface area contributed by atoms with Gasteiger partial charge in [-0.15, -0.1) is 0 Å². The first-order chi connectivity index (χ1) is 8.70. The normalized spacial score (nSPS) is 19.6. The van der Waals surface area contributed by atoms with Crippen LogP contribution in [0.2, 0.25) is 0 Å². The molecule has 0 aliphatic heterocycles. The zero-order valence-electron chi connectivity index (χ0n) is 11.7. The van der Waals surface area contributed by atoms with Crippen LogP contribution in [0.3, 0.4) is 0 Å². The Balaban J connectivity index is 2.42. The molecule has 1 rings (SSSR count). The van der Waals surface area contributed by atoms with Crippen molar-refractivity contribution in [3.63, 3.8) is 0 Å². The van der Waals surface area contributed by atoms with E-state index in [1.54, 1.807) is 0 Å². The Morgan fingerprint density at radius 1 is 1.28 bits per heavy atom. The minimum Gasteiger partial charge on any atom is -0.388 e. The number of nitrogens with one attached hydrogen (secondary N) is 2. The number of guanidine groups is 1. The maximum Gasteiger partial charge on any atom is 0.191 e. The molecule has 1 fully saturated rings. The quantitative estimate of drug-likeness (QED) is 0.391. The van der Waals surface area contributed by atoms with Gasteiger partial charge in [0.05, 0.1) is 12.1 Å². The zero-order chi connectivity index (χ0) is 13.3. The van der Waals surface area contributed by atoms with Crippen molar-refractivity contribution in [1.29, 1.82) is 0 Å². The molecule has 18 heavy (non-hydrogen) atoms. The molecule has 3 N–H and O–H groups in total. The first-order valence-electron chi connectivity index (χ1n) is 6.94. The molecule has 0 aromatic heterocycles. The van der Waals surface area contributed by atoms with E-state index in [4.69, 9.17) is 0 Å². The predicted octanol–water partition coefficient (Wildman–Crippen LogP) is 1.60. The van der Waals surface area contributed by atoms with Crippen molar-refractivity contribution < 1.29 is 5.11 Å². The van der Waals surface area contributed by atoms with Crippen LogP contribution in [0.25, 0.3) is 0 Å². The second-order valence-corrected chi connectivity index (χ2v) is 5.89. The Morgan fingerprint density at radius 3 is 2.61 bits per heavy atom. The zero-order valence-corrected chi connectivity index (χ0v) is 12.5. The summed E-state index contributed by atoms with van der Waals surface area (Å²) < 4.78 is 0. The summed E-state index contributed by atoms with van der Waals surface area (Å²) >= 11 is 1.81. The molecule has 5 heteroatoms. The standard InChI is InChI=1S/C13H27N3OS/c1-3-14-12(15-9-10-18-2)16-11-13(17)7-5-4-6-8-13/h17H,3-11H2,1-2H3,(H2,14,15,16). The Labute approximate surface area is 115 Å². The number of hydrogen-bond donors (Lipinski definition) is 3. The van der Waals surface area contributed by atoms with Crippen LogP contribution in [0.15, 0.2) is 4.99 Å². The van der Waals surface area contributed by atoms with Gasteiger partial charge in [0.1, 0.15) is 0 Å². The third-order valence-corrected chi connectivity index (χ3v) is 3.87. The molecular formula is C13H27N3OS. The fourth-order valence-corrected chi connectivity index (χ4v) is 2.51. The number of thioether (sulfide) groups is 1. The van der Waals surface area contributed by atoms with Gasteiger partial charge >= 0.3 is 0 Å². The van der Waals surface area contributed by atoms with Crippen LogP contribution >= 0.6 is 11.8 Å². The number of rotatable bonds is 6. The van der Waals surface area contributed by atoms with Gasteiger partial charge in [-0.1, -0.05) is 19.3 Å². The van der Waals surface area contributed by atoms with Crippen LogP contribution in [-0.4, -0.2) is 48.3 Å². The summed E-state index contributed by atoms with van der Waals surface area (Å²) in [5.74, 6) is 1.89. The van der Waals surface area contributed by atoms with Crippen LogP contribution in [0.1, 0.15) is 39.0 Å². The van der Waals surface area contributed by atoms with Crippen molar-refractivity contribution in [2.45, 2.75) is 44.6 Å². The second-order valence-electron chi connectivity index (χ2n) is 4.90. The molecule has 0 aromatic rings. The van der Waals surface area contributed by atoms with E-state index in [2.05, 4.69) is 28.8 Å². The minimum absolute atomic E-state index is 0.515. The molecule has 0 aromatic carbocycles. The number of hydrogen-bond acceptors (Lipinski definition) is 3. The van der Waals surface area contributed by atoms with Crippen molar-refractivity contribution in [2.75, 3.05) is 31.6 Å². The molecule has 0 radical (unpaired) electrons. The van der Waals surface area contributed by atoms with Gasteiger partial charge in [0.25, 0.3) is 0 Å². The lowest BCUT2D eigenvalue weighted by Crippen LogP contribution is -2.41. The fourth-order valence-electron chi connectivity index (χ4n) is 2.21. The maximum absolute atomic E-state index is 10.4. The van der Waals surface area contributed by atoms with Crippen molar-refractivity contribution in [1.82, 2.24) is 10.6 Å². The SMILES string of the molecule is CCNC(=NCC1(O)CCCCC1)NCCSC. The topological polar surface area (TPSA) is 56.7 Å². The Morgan fingerprint density at radius 2 is 2.00 bits per heavy atom. The van der Waals surface area contributed by atoms with Gasteiger partial charge in [0, 0.05) is 18.8 Å². The van der Waals surface area contributed by atoms with Gasteiger partial charge in [0.2, 0.25) is 0 Å². The van der Waals surface area contributed by atoms with Gasteiger partial charge in [-0.2, -0.15) is 11.8 Å². The molecule has 0 saturated heterocycles. The number of nitrogens with zero attached hydrogens (tertiary/aromatic N) is 1. The highest BCUT2D eigenvalue weighted by molar-refractivity contribution is 7.98. The molecule has 0 bridgehead atoms. The molecule has 0 unspecified atom stereocenters. The largest absolute Gasteiger partial charge is 0.388 e. The molecule has 1 aliphatic rings. The first-order valence-corrected chi connectivity index (χ1v) is 8.33. The smallest absolute Gasteiger partial charge is 0.191 e. The maximum atomic E-state index is 10.4. The van der Waals surface area contributed by atoms with Crippen LogP contribution in [-0.2, 0) is 0 Å². The highest BCUT2D eigenvalue weighted by atomic mass is 32.2. The third-order valence-electron chi connectivity index (χ3n) is 3.26. The molecule has 0 spiro atoms. The van der Waals surface area contributed by atoms with E-state index < -0.39 is 5.60 Å². The second kappa shape index (κ2) is 8.64. The van der Waals surface area contributed by atoms with Gasteiger partial charge in [0.15, 0.2) is 5.96 Å². The summed E-state index contributed by atoms with van der Waals surface area (Å²) in [5.41, 5.74) is -0.569. The van der Waals surface area contributed by atoms with E-state index in [-0.39, 0.29) is 0 Å². The minimum atomic E-state index is -0.569. The summed E-state index contributed by atoms with van der Waals surface area (Å²) in [7, 11) is 0. The van der Waals surface area contributed by atoms with E-state index >= 15 is 0 Å². The van der Waals surface area contributed by atoms with E-state index in [0.717, 1.165) is 50.5 Å². The van der Waals surface area contributed by atoms with Crippen LogP contribution in [0.4, 0.5) is 0 Å². The van der Waals surface area contributed by atoms with E-state index in [9.17, 15) is 5.11 Å². The molecule has 0 heterocycles. The van der Waals surface area contributed by atoms with Gasteiger partial charge < -0.3 is 15.7 Å². The van der Waals surface area contributed by atoms with Crippen LogP contribution < -0.4 is 10.6 Å². The van der Waals surface area contributed by atoms with E-state index in [1.165, 1.54) is 6.42 Å². The Bertz CT molecular complexity index is 253. The summed E-state index contributed by atoms with van der Waals surface area (Å²) in [6.45, 7) is 4.33. The summed E-state index contributed by atoms with van der Waals surface area (Å²) in [6.07, 6.45) is 7.38. The average molecular weight is 273 g/mol. The summed E-state index contributed by atoms with van der Waals surface area (Å²) in [5, 5.41) is 16.9. The average Bonchev–Trinajstić information content (AvgIpc) is 2.37. The molecule has 1 saturated carbocycles. The molecule has 1 aliphatic carbocycles. The van der Waals surface area contributed by atoms with Crippen molar-refractivity contribution in [3.8, 4) is 0 Å². The summed E-state index contributed by atoms with van der Waals surface area (Å²) in [6, 6.07) is 0. The monoisotopic (exact) mass is 273 g/mol. The van der Waals surface area contributed by atoms with E-state index in [0.29, 0.717) is 6.54 Å². The highest BCUT2D eigenvalue weighted by Crippen LogP contribution is 2.28. The van der Waals surface area contributed by atoms with Gasteiger partial charge in [-0.25, -0.2) is 0 Å². The lowest BCUT2D eigenvalue weighted by atomic mass is 9.85. The summed E-state index contributed by atoms with van der Waals surface area (Å²) in [4.78, 5) is 4.52. The van der Waals surface area contributed by atoms with Crippen molar-refractivity contribution >= 4 is 17.7 Å². The highest BCUT2D eigenvalue weighted by Gasteiger charge is 2.28. The predicted molar refractivity (Wildman–Crippen MR) is 80.4 cm³/mol. The third kappa shape index (κ3) is 5.96. The molecule has 0 atom stereocenters. The molecule has 4 nitrogen and oxygen atoms in total. The Kier molecular flexibility index (Phi) is 7.51. The Hall–Kier alpha value is -0.420. The fraction of sp³-hybridized carbons (Fsp3) is 0.923. The van der Waals surface area contributed by atoms with Crippen LogP contribution in [0.5, 0.6) is 0 Å². The molecule has 0 amide bonds. The van der Waals surface area contributed by atoms with E-state index in [1.807, 2.05) is 11.8 Å². The number of aliphatic hydroxyl groups is 1. The van der Waals surface area contributed by atoms with Crippen molar-refractivity contribution in [2.24, 2.45) is 4.99 Å². The van der Waals surface area contributed by atoms with Gasteiger partial charge in [-0.3, -0.25) is 4.99 Å². The lowest BCUT2D eigenvalue weighted by molar-refractivity contribution is 0.0131. The molecule has 106 valence electrons. The van der Waals surface area contributed by atoms with Gasteiger partial charge in [-0.05, 0) is 26.0 Å².